The Balaban J connectivity index is 1.72. The maximum Gasteiger partial charge on any atom is 0.240 e. The Labute approximate surface area is 163 Å². The van der Waals surface area contributed by atoms with Crippen LogP contribution in [0.3, 0.4) is 0 Å². The molecule has 3 rings (SSSR count). The van der Waals surface area contributed by atoms with E-state index in [4.69, 9.17) is 0 Å². The number of fused-ring (bicyclic) bond motifs is 1. The predicted molar refractivity (Wildman–Crippen MR) is 109 cm³/mol. The molecular formula is C21H21FN2O3S. The van der Waals surface area contributed by atoms with E-state index in [1.165, 1.54) is 12.1 Å². The third-order valence-corrected chi connectivity index (χ3v) is 5.50. The molecular weight excluding hydrogens is 379 g/mol. The normalized spacial score (nSPS) is 11.4. The molecule has 0 aliphatic rings. The summed E-state index contributed by atoms with van der Waals surface area (Å²) in [6.45, 7) is 0.0217. The van der Waals surface area contributed by atoms with Crippen molar-refractivity contribution in [1.29, 1.82) is 0 Å². The smallest absolute Gasteiger partial charge is 0.240 e. The minimum absolute atomic E-state index is 0.309. The highest BCUT2D eigenvalue weighted by Gasteiger charge is 2.22. The highest BCUT2D eigenvalue weighted by atomic mass is 32.2. The molecule has 3 aromatic carbocycles. The van der Waals surface area contributed by atoms with Crippen molar-refractivity contribution in [1.82, 2.24) is 5.32 Å². The van der Waals surface area contributed by atoms with Gasteiger partial charge in [-0.05, 0) is 35.6 Å². The third-order valence-electron chi connectivity index (χ3n) is 4.37. The van der Waals surface area contributed by atoms with E-state index in [1.54, 1.807) is 24.3 Å². The van der Waals surface area contributed by atoms with Gasteiger partial charge in [0.15, 0.2) is 0 Å². The van der Waals surface area contributed by atoms with Gasteiger partial charge in [-0.25, -0.2) is 12.8 Å². The summed E-state index contributed by atoms with van der Waals surface area (Å²) >= 11 is 0. The Morgan fingerprint density at radius 3 is 2.39 bits per heavy atom. The summed E-state index contributed by atoms with van der Waals surface area (Å²) in [7, 11) is -3.66. The van der Waals surface area contributed by atoms with Crippen LogP contribution in [-0.4, -0.2) is 33.7 Å². The zero-order valence-corrected chi connectivity index (χ0v) is 16.2. The molecule has 0 unspecified atom stereocenters. The van der Waals surface area contributed by atoms with Crippen LogP contribution in [0.5, 0.6) is 0 Å². The van der Waals surface area contributed by atoms with Gasteiger partial charge in [0.1, 0.15) is 12.4 Å². The van der Waals surface area contributed by atoms with E-state index >= 15 is 0 Å². The summed E-state index contributed by atoms with van der Waals surface area (Å²) in [5, 5.41) is 4.38. The first kappa shape index (κ1) is 19.8. The Hall–Kier alpha value is -2.93. The molecule has 3 aromatic rings. The zero-order valence-electron chi connectivity index (χ0n) is 15.4. The summed E-state index contributed by atoms with van der Waals surface area (Å²) in [6.07, 6.45) is 1.61. The molecule has 0 aromatic heterocycles. The fraction of sp³-hybridized carbons (Fsp3) is 0.190. The first-order valence-electron chi connectivity index (χ1n) is 8.81. The van der Waals surface area contributed by atoms with Crippen molar-refractivity contribution >= 4 is 32.4 Å². The average molecular weight is 400 g/mol. The van der Waals surface area contributed by atoms with E-state index in [0.29, 0.717) is 18.7 Å². The van der Waals surface area contributed by atoms with Gasteiger partial charge in [-0.1, -0.05) is 48.5 Å². The van der Waals surface area contributed by atoms with Crippen molar-refractivity contribution in [2.75, 3.05) is 23.7 Å². The molecule has 0 heterocycles. The second-order valence-corrected chi connectivity index (χ2v) is 8.40. The molecule has 0 fully saturated rings. The summed E-state index contributed by atoms with van der Waals surface area (Å²) in [4.78, 5) is 12.4. The van der Waals surface area contributed by atoms with Gasteiger partial charge in [-0.3, -0.25) is 9.10 Å². The number of carbonyl (C=O) groups is 1. The molecule has 5 nitrogen and oxygen atoms in total. The van der Waals surface area contributed by atoms with Crippen LogP contribution < -0.4 is 9.62 Å². The van der Waals surface area contributed by atoms with Crippen LogP contribution in [-0.2, 0) is 21.2 Å². The number of hydrogen-bond acceptors (Lipinski definition) is 3. The number of rotatable bonds is 7. The van der Waals surface area contributed by atoms with Crippen molar-refractivity contribution in [3.8, 4) is 0 Å². The van der Waals surface area contributed by atoms with Gasteiger partial charge in [0.05, 0.1) is 11.9 Å². The number of halogens is 1. The summed E-state index contributed by atoms with van der Waals surface area (Å²) in [6, 6.07) is 18.8. The molecule has 0 aliphatic heterocycles. The first-order valence-corrected chi connectivity index (χ1v) is 10.7. The van der Waals surface area contributed by atoms with Crippen LogP contribution in [0.25, 0.3) is 10.8 Å². The van der Waals surface area contributed by atoms with Gasteiger partial charge < -0.3 is 5.32 Å². The quantitative estimate of drug-likeness (QED) is 0.663. The van der Waals surface area contributed by atoms with Gasteiger partial charge >= 0.3 is 0 Å². The molecule has 0 radical (unpaired) electrons. The average Bonchev–Trinajstić information content (AvgIpc) is 2.66. The Kier molecular flexibility index (Phi) is 5.94. The molecule has 0 atom stereocenters. The molecule has 146 valence electrons. The van der Waals surface area contributed by atoms with E-state index in [9.17, 15) is 17.6 Å². The lowest BCUT2D eigenvalue weighted by molar-refractivity contribution is -0.119. The SMILES string of the molecule is CS(=O)(=O)N(CC(=O)NCCc1ccc(F)cc1)c1cccc2ccccc12. The van der Waals surface area contributed by atoms with E-state index in [2.05, 4.69) is 5.32 Å². The standard InChI is InChI=1S/C21H21FN2O3S/c1-28(26,27)24(20-8-4-6-17-5-2-3-7-19(17)20)15-21(25)23-14-13-16-9-11-18(22)12-10-16/h2-12H,13-15H2,1H3,(H,23,25). The molecule has 1 N–H and O–H groups in total. The number of carbonyl (C=O) groups excluding carboxylic acids is 1. The number of sulfonamides is 1. The summed E-state index contributed by atoms with van der Waals surface area (Å²) in [5.41, 5.74) is 1.35. The van der Waals surface area contributed by atoms with Crippen LogP contribution in [0.2, 0.25) is 0 Å². The number of anilines is 1. The van der Waals surface area contributed by atoms with Gasteiger partial charge in [-0.15, -0.1) is 0 Å². The Bertz CT molecular complexity index is 1080. The van der Waals surface area contributed by atoms with Crippen LogP contribution >= 0.6 is 0 Å². The highest BCUT2D eigenvalue weighted by Crippen LogP contribution is 2.28. The molecule has 0 spiro atoms. The predicted octanol–water partition coefficient (Wildman–Crippen LogP) is 3.10. The van der Waals surface area contributed by atoms with E-state index < -0.39 is 15.9 Å². The van der Waals surface area contributed by atoms with Crippen LogP contribution in [0.1, 0.15) is 5.56 Å². The summed E-state index contributed by atoms with van der Waals surface area (Å²) in [5.74, 6) is -0.716. The van der Waals surface area contributed by atoms with Crippen LogP contribution in [0.15, 0.2) is 66.7 Å². The van der Waals surface area contributed by atoms with Crippen molar-refractivity contribution < 1.29 is 17.6 Å². The zero-order chi connectivity index (χ0) is 20.1. The Morgan fingerprint density at radius 2 is 1.68 bits per heavy atom. The van der Waals surface area contributed by atoms with Crippen molar-refractivity contribution in [2.24, 2.45) is 0 Å². The van der Waals surface area contributed by atoms with Crippen molar-refractivity contribution in [3.63, 3.8) is 0 Å². The summed E-state index contributed by atoms with van der Waals surface area (Å²) < 4.78 is 38.7. The van der Waals surface area contributed by atoms with Crippen molar-refractivity contribution in [3.05, 3.63) is 78.1 Å². The largest absolute Gasteiger partial charge is 0.354 e. The number of hydrogen-bond donors (Lipinski definition) is 1. The van der Waals surface area contributed by atoms with Crippen molar-refractivity contribution in [2.45, 2.75) is 6.42 Å². The number of nitrogens with zero attached hydrogens (tertiary/aromatic N) is 1. The van der Waals surface area contributed by atoms with E-state index in [1.807, 2.05) is 30.3 Å². The van der Waals surface area contributed by atoms with Crippen LogP contribution in [0.4, 0.5) is 10.1 Å². The maximum atomic E-state index is 12.9. The second kappa shape index (κ2) is 8.39. The first-order chi connectivity index (χ1) is 13.3. The topological polar surface area (TPSA) is 66.5 Å². The highest BCUT2D eigenvalue weighted by molar-refractivity contribution is 7.92. The number of benzene rings is 3. The molecule has 7 heteroatoms. The minimum Gasteiger partial charge on any atom is -0.354 e. The molecule has 1 amide bonds. The lowest BCUT2D eigenvalue weighted by Gasteiger charge is -2.23. The lowest BCUT2D eigenvalue weighted by Crippen LogP contribution is -2.41. The number of amides is 1. The molecule has 0 saturated carbocycles. The number of nitrogens with one attached hydrogen (secondary N) is 1. The monoisotopic (exact) mass is 400 g/mol. The fourth-order valence-electron chi connectivity index (χ4n) is 2.99. The maximum absolute atomic E-state index is 12.9. The van der Waals surface area contributed by atoms with Gasteiger partial charge in [0.2, 0.25) is 15.9 Å². The third kappa shape index (κ3) is 4.86. The molecule has 0 bridgehead atoms. The molecule has 0 saturated heterocycles. The fourth-order valence-corrected chi connectivity index (χ4v) is 3.86. The lowest BCUT2D eigenvalue weighted by atomic mass is 10.1. The van der Waals surface area contributed by atoms with Crippen LogP contribution in [0, 0.1) is 5.82 Å². The van der Waals surface area contributed by atoms with E-state index in [0.717, 1.165) is 26.9 Å². The minimum atomic E-state index is -3.66. The van der Waals surface area contributed by atoms with E-state index in [-0.39, 0.29) is 12.4 Å². The Morgan fingerprint density at radius 1 is 1.00 bits per heavy atom. The second-order valence-electron chi connectivity index (χ2n) is 6.49. The van der Waals surface area contributed by atoms with Gasteiger partial charge in [0, 0.05) is 11.9 Å². The molecule has 28 heavy (non-hydrogen) atoms. The molecule has 0 aliphatic carbocycles. The van der Waals surface area contributed by atoms with Gasteiger partial charge in [0.25, 0.3) is 0 Å². The van der Waals surface area contributed by atoms with Gasteiger partial charge in [-0.2, -0.15) is 0 Å².